The third kappa shape index (κ3) is 3.69. The Morgan fingerprint density at radius 3 is 2.65 bits per heavy atom. The molecule has 0 spiro atoms. The summed E-state index contributed by atoms with van der Waals surface area (Å²) in [6.45, 7) is 3.04. The van der Waals surface area contributed by atoms with E-state index in [0.717, 1.165) is 5.56 Å². The molecule has 5 nitrogen and oxygen atoms in total. The lowest BCUT2D eigenvalue weighted by Gasteiger charge is -2.18. The van der Waals surface area contributed by atoms with E-state index in [-0.39, 0.29) is 11.8 Å². The highest BCUT2D eigenvalue weighted by atomic mass is 16.6. The van der Waals surface area contributed by atoms with Crippen LogP contribution in [-0.4, -0.2) is 25.3 Å². The van der Waals surface area contributed by atoms with E-state index >= 15 is 0 Å². The Kier molecular flexibility index (Phi) is 4.57. The average Bonchev–Trinajstić information content (AvgIpc) is 2.61. The molecule has 2 aromatic carbocycles. The molecule has 2 aromatic rings. The molecule has 0 saturated carbocycles. The molecule has 23 heavy (non-hydrogen) atoms. The normalized spacial score (nSPS) is 14.5. The SMILES string of the molecule is CC(/C=N/NC(=O)c1ccc2c(c1)OCCO2)c1ccccc1. The fourth-order valence-electron chi connectivity index (χ4n) is 2.30. The van der Waals surface area contributed by atoms with Crippen LogP contribution in [-0.2, 0) is 0 Å². The van der Waals surface area contributed by atoms with Crippen molar-refractivity contribution in [1.29, 1.82) is 0 Å². The lowest BCUT2D eigenvalue weighted by Crippen LogP contribution is -2.20. The monoisotopic (exact) mass is 310 g/mol. The Balaban J connectivity index is 1.62. The molecule has 0 radical (unpaired) electrons. The number of fused-ring (bicyclic) bond motifs is 1. The summed E-state index contributed by atoms with van der Waals surface area (Å²) >= 11 is 0. The summed E-state index contributed by atoms with van der Waals surface area (Å²) in [5, 5.41) is 4.04. The van der Waals surface area contributed by atoms with E-state index in [1.165, 1.54) is 0 Å². The third-order valence-electron chi connectivity index (χ3n) is 3.59. The summed E-state index contributed by atoms with van der Waals surface area (Å²) < 4.78 is 10.9. The van der Waals surface area contributed by atoms with Gasteiger partial charge in [0.05, 0.1) is 0 Å². The number of hydrogen-bond donors (Lipinski definition) is 1. The fraction of sp³-hybridized carbons (Fsp3) is 0.222. The van der Waals surface area contributed by atoms with Crippen molar-refractivity contribution >= 4 is 12.1 Å². The molecule has 1 N–H and O–H groups in total. The summed E-state index contributed by atoms with van der Waals surface area (Å²) in [5.41, 5.74) is 4.17. The topological polar surface area (TPSA) is 59.9 Å². The van der Waals surface area contributed by atoms with Gasteiger partial charge in [-0.25, -0.2) is 5.43 Å². The van der Waals surface area contributed by atoms with Gasteiger partial charge in [-0.15, -0.1) is 0 Å². The number of carbonyl (C=O) groups is 1. The second-order valence-corrected chi connectivity index (χ2v) is 5.28. The predicted molar refractivity (Wildman–Crippen MR) is 88.2 cm³/mol. The van der Waals surface area contributed by atoms with Crippen LogP contribution in [0.15, 0.2) is 53.6 Å². The van der Waals surface area contributed by atoms with Crippen molar-refractivity contribution in [3.05, 3.63) is 59.7 Å². The summed E-state index contributed by atoms with van der Waals surface area (Å²) in [5.74, 6) is 1.09. The van der Waals surface area contributed by atoms with Crippen molar-refractivity contribution in [2.24, 2.45) is 5.10 Å². The van der Waals surface area contributed by atoms with Crippen molar-refractivity contribution in [2.75, 3.05) is 13.2 Å². The molecule has 5 heteroatoms. The summed E-state index contributed by atoms with van der Waals surface area (Å²) in [4.78, 5) is 12.1. The zero-order chi connectivity index (χ0) is 16.1. The van der Waals surface area contributed by atoms with E-state index in [9.17, 15) is 4.79 Å². The molecule has 0 fully saturated rings. The summed E-state index contributed by atoms with van der Waals surface area (Å²) in [7, 11) is 0. The van der Waals surface area contributed by atoms with Crippen LogP contribution in [0.1, 0.15) is 28.8 Å². The highest BCUT2D eigenvalue weighted by Gasteiger charge is 2.14. The second kappa shape index (κ2) is 6.96. The van der Waals surface area contributed by atoms with Gasteiger partial charge in [-0.3, -0.25) is 4.79 Å². The highest BCUT2D eigenvalue weighted by Crippen LogP contribution is 2.30. The van der Waals surface area contributed by atoms with Crippen LogP contribution in [0, 0.1) is 0 Å². The highest BCUT2D eigenvalue weighted by molar-refractivity contribution is 5.95. The minimum absolute atomic E-state index is 0.122. The van der Waals surface area contributed by atoms with Crippen LogP contribution < -0.4 is 14.9 Å². The zero-order valence-electron chi connectivity index (χ0n) is 12.9. The van der Waals surface area contributed by atoms with Crippen LogP contribution in [0.4, 0.5) is 0 Å². The molecule has 0 saturated heterocycles. The Labute approximate surface area is 134 Å². The second-order valence-electron chi connectivity index (χ2n) is 5.28. The zero-order valence-corrected chi connectivity index (χ0v) is 12.9. The maximum atomic E-state index is 12.1. The third-order valence-corrected chi connectivity index (χ3v) is 3.59. The molecule has 0 aromatic heterocycles. The molecular weight excluding hydrogens is 292 g/mol. The van der Waals surface area contributed by atoms with Crippen LogP contribution in [0.2, 0.25) is 0 Å². The van der Waals surface area contributed by atoms with Gasteiger partial charge in [-0.05, 0) is 23.8 Å². The van der Waals surface area contributed by atoms with E-state index in [4.69, 9.17) is 9.47 Å². The number of hydrazone groups is 1. The van der Waals surface area contributed by atoms with Gasteiger partial charge in [-0.1, -0.05) is 37.3 Å². The van der Waals surface area contributed by atoms with Gasteiger partial charge in [0.25, 0.3) is 5.91 Å². The lowest BCUT2D eigenvalue weighted by molar-refractivity contribution is 0.0953. The van der Waals surface area contributed by atoms with Gasteiger partial charge in [0.2, 0.25) is 0 Å². The van der Waals surface area contributed by atoms with Crippen molar-refractivity contribution in [1.82, 2.24) is 5.43 Å². The molecule has 1 unspecified atom stereocenters. The Morgan fingerprint density at radius 2 is 1.87 bits per heavy atom. The molecule has 0 bridgehead atoms. The first-order valence-electron chi connectivity index (χ1n) is 7.52. The minimum atomic E-state index is -0.279. The largest absolute Gasteiger partial charge is 0.486 e. The van der Waals surface area contributed by atoms with Crippen molar-refractivity contribution < 1.29 is 14.3 Å². The van der Waals surface area contributed by atoms with Crippen LogP contribution >= 0.6 is 0 Å². The summed E-state index contributed by atoms with van der Waals surface area (Å²) in [6.07, 6.45) is 1.71. The molecule has 1 aliphatic rings. The predicted octanol–water partition coefficient (Wildman–Crippen LogP) is 2.98. The summed E-state index contributed by atoms with van der Waals surface area (Å²) in [6, 6.07) is 15.1. The molecule has 0 aliphatic carbocycles. The Morgan fingerprint density at radius 1 is 1.13 bits per heavy atom. The van der Waals surface area contributed by atoms with Gasteiger partial charge in [-0.2, -0.15) is 5.10 Å². The first-order valence-corrected chi connectivity index (χ1v) is 7.52. The average molecular weight is 310 g/mol. The van der Waals surface area contributed by atoms with Crippen molar-refractivity contribution in [3.8, 4) is 11.5 Å². The van der Waals surface area contributed by atoms with Crippen LogP contribution in [0.5, 0.6) is 11.5 Å². The van der Waals surface area contributed by atoms with Crippen LogP contribution in [0.25, 0.3) is 0 Å². The maximum absolute atomic E-state index is 12.1. The van der Waals surface area contributed by atoms with Crippen molar-refractivity contribution in [2.45, 2.75) is 12.8 Å². The first-order chi connectivity index (χ1) is 11.2. The quantitative estimate of drug-likeness (QED) is 0.697. The number of nitrogens with one attached hydrogen (secondary N) is 1. The number of amides is 1. The van der Waals surface area contributed by atoms with E-state index in [1.54, 1.807) is 24.4 Å². The van der Waals surface area contributed by atoms with Gasteiger partial charge in [0.15, 0.2) is 11.5 Å². The molecule has 3 rings (SSSR count). The van der Waals surface area contributed by atoms with E-state index in [0.29, 0.717) is 30.3 Å². The van der Waals surface area contributed by atoms with Gasteiger partial charge >= 0.3 is 0 Å². The standard InChI is InChI=1S/C18H18N2O3/c1-13(14-5-3-2-4-6-14)12-19-20-18(21)15-7-8-16-17(11-15)23-10-9-22-16/h2-8,11-13H,9-10H2,1H3,(H,20,21)/b19-12+. The van der Waals surface area contributed by atoms with E-state index in [1.807, 2.05) is 37.3 Å². The molecular formula is C18H18N2O3. The Hall–Kier alpha value is -2.82. The fourth-order valence-corrected chi connectivity index (χ4v) is 2.30. The number of nitrogens with zero attached hydrogens (tertiary/aromatic N) is 1. The van der Waals surface area contributed by atoms with Crippen molar-refractivity contribution in [3.63, 3.8) is 0 Å². The first kappa shape index (κ1) is 15.1. The molecule has 118 valence electrons. The Bertz CT molecular complexity index is 713. The lowest BCUT2D eigenvalue weighted by atomic mass is 10.0. The number of rotatable bonds is 4. The number of hydrogen-bond acceptors (Lipinski definition) is 4. The van der Waals surface area contributed by atoms with Gasteiger partial charge < -0.3 is 9.47 Å². The van der Waals surface area contributed by atoms with E-state index in [2.05, 4.69) is 10.5 Å². The smallest absolute Gasteiger partial charge is 0.271 e. The minimum Gasteiger partial charge on any atom is -0.486 e. The van der Waals surface area contributed by atoms with Gasteiger partial charge in [0, 0.05) is 17.7 Å². The molecule has 1 aliphatic heterocycles. The van der Waals surface area contributed by atoms with Crippen LogP contribution in [0.3, 0.4) is 0 Å². The van der Waals surface area contributed by atoms with Gasteiger partial charge in [0.1, 0.15) is 13.2 Å². The molecule has 1 heterocycles. The number of ether oxygens (including phenoxy) is 2. The number of benzene rings is 2. The number of carbonyl (C=O) groups excluding carboxylic acids is 1. The van der Waals surface area contributed by atoms with E-state index < -0.39 is 0 Å². The molecule has 1 amide bonds. The molecule has 1 atom stereocenters. The maximum Gasteiger partial charge on any atom is 0.271 e.